The van der Waals surface area contributed by atoms with Gasteiger partial charge in [0.1, 0.15) is 0 Å². The lowest BCUT2D eigenvalue weighted by Gasteiger charge is -2.50. The topological polar surface area (TPSA) is 90.3 Å². The molecule has 2 N–H and O–H groups in total. The molecule has 2 heterocycles. The van der Waals surface area contributed by atoms with Crippen molar-refractivity contribution in [3.8, 4) is 0 Å². The van der Waals surface area contributed by atoms with Crippen molar-refractivity contribution in [2.75, 3.05) is 20.2 Å². The molecule has 2 aliphatic rings. The highest BCUT2D eigenvalue weighted by Crippen LogP contribution is 2.42. The Balaban J connectivity index is 2.30. The first-order valence-electron chi connectivity index (χ1n) is 8.02. The lowest BCUT2D eigenvalue weighted by molar-refractivity contribution is -0.228. The van der Waals surface area contributed by atoms with Crippen LogP contribution in [0.5, 0.6) is 0 Å². The monoisotopic (exact) mass is 422 g/mol. The summed E-state index contributed by atoms with van der Waals surface area (Å²) in [5, 5.41) is 21.5. The van der Waals surface area contributed by atoms with E-state index in [1.54, 1.807) is 0 Å². The van der Waals surface area contributed by atoms with Gasteiger partial charge in [-0.2, -0.15) is 0 Å². The van der Waals surface area contributed by atoms with Gasteiger partial charge in [-0.25, -0.2) is 0 Å². The average molecular weight is 423 g/mol. The Morgan fingerprint density at radius 1 is 1.29 bits per heavy atom. The van der Waals surface area contributed by atoms with Crippen LogP contribution in [-0.2, 0) is 14.0 Å². The number of aliphatic hydroxyl groups is 2. The zero-order valence-electron chi connectivity index (χ0n) is 15.1. The molecule has 0 aliphatic carbocycles. The second-order valence-electron chi connectivity index (χ2n) is 8.17. The van der Waals surface area contributed by atoms with Crippen LogP contribution in [0.2, 0.25) is 18.1 Å². The van der Waals surface area contributed by atoms with Crippen LogP contribution in [0.3, 0.4) is 0 Å². The number of carbonyl (C=O) groups excluding carboxylic acids is 2. The van der Waals surface area contributed by atoms with E-state index in [1.807, 2.05) is 13.1 Å². The van der Waals surface area contributed by atoms with Gasteiger partial charge >= 0.3 is 0 Å². The quantitative estimate of drug-likeness (QED) is 0.519. The first kappa shape index (κ1) is 19.8. The molecule has 0 saturated carbocycles. The second-order valence-corrected chi connectivity index (χ2v) is 14.1. The third kappa shape index (κ3) is 2.65. The number of hydrogen-bond donors (Lipinski definition) is 2. The number of hydrogen-bond acceptors (Lipinski definition) is 5. The van der Waals surface area contributed by atoms with Gasteiger partial charge in [0.25, 0.3) is 11.8 Å². The first-order chi connectivity index (χ1) is 10.7. The minimum absolute atomic E-state index is 0.0982. The van der Waals surface area contributed by atoms with E-state index in [0.717, 1.165) is 9.80 Å². The number of amides is 2. The van der Waals surface area contributed by atoms with Crippen molar-refractivity contribution in [3.05, 3.63) is 0 Å². The fourth-order valence-corrected chi connectivity index (χ4v) is 4.36. The third-order valence-electron chi connectivity index (χ3n) is 5.66. The van der Waals surface area contributed by atoms with E-state index in [2.05, 4.69) is 36.7 Å². The van der Waals surface area contributed by atoms with Crippen LogP contribution in [0.15, 0.2) is 0 Å². The molecule has 2 amide bonds. The minimum Gasteiger partial charge on any atom is -0.411 e. The maximum absolute atomic E-state index is 12.8. The SMILES string of the molecule is CN1C(=O)C2(O)C(Br)CCN2C(=O)C1(O)CO[Si](C)(C)C(C)(C)C. The highest BCUT2D eigenvalue weighted by Gasteiger charge is 2.66. The normalized spacial score (nSPS) is 34.8. The maximum Gasteiger partial charge on any atom is 0.281 e. The molecule has 2 aliphatic heterocycles. The fourth-order valence-electron chi connectivity index (χ4n) is 2.72. The number of rotatable bonds is 3. The van der Waals surface area contributed by atoms with Gasteiger partial charge in [-0.1, -0.05) is 36.7 Å². The summed E-state index contributed by atoms with van der Waals surface area (Å²) >= 11 is 3.27. The Labute approximate surface area is 152 Å². The Morgan fingerprint density at radius 2 is 1.83 bits per heavy atom. The summed E-state index contributed by atoms with van der Waals surface area (Å²) in [5.74, 6) is -1.41. The summed E-state index contributed by atoms with van der Waals surface area (Å²) < 4.78 is 5.99. The average Bonchev–Trinajstić information content (AvgIpc) is 2.77. The van der Waals surface area contributed by atoms with Crippen LogP contribution < -0.4 is 0 Å². The molecule has 2 fully saturated rings. The van der Waals surface area contributed by atoms with Gasteiger partial charge in [0, 0.05) is 13.6 Å². The number of halogens is 1. The Morgan fingerprint density at radius 3 is 2.33 bits per heavy atom. The summed E-state index contributed by atoms with van der Waals surface area (Å²) in [7, 11) is -0.901. The molecule has 3 unspecified atom stereocenters. The predicted molar refractivity (Wildman–Crippen MR) is 94.9 cm³/mol. The standard InChI is InChI=1S/C15H27BrN2O5Si/c1-13(2,3)24(5,6)23-9-14(21)11(19)18-8-7-10(16)15(18,22)12(20)17(14)4/h10,21-22H,7-9H2,1-6H3. The minimum atomic E-state index is -2.22. The summed E-state index contributed by atoms with van der Waals surface area (Å²) in [6.07, 6.45) is 0.432. The van der Waals surface area contributed by atoms with Crippen LogP contribution in [0.4, 0.5) is 0 Å². The predicted octanol–water partition coefficient (Wildman–Crippen LogP) is 0.853. The molecule has 9 heteroatoms. The van der Waals surface area contributed by atoms with Crippen LogP contribution in [0.1, 0.15) is 27.2 Å². The largest absolute Gasteiger partial charge is 0.411 e. The zero-order valence-corrected chi connectivity index (χ0v) is 17.7. The molecule has 24 heavy (non-hydrogen) atoms. The molecule has 2 saturated heterocycles. The molecule has 0 radical (unpaired) electrons. The van der Waals surface area contributed by atoms with E-state index in [4.69, 9.17) is 4.43 Å². The molecule has 7 nitrogen and oxygen atoms in total. The molecule has 0 aromatic heterocycles. The Kier molecular flexibility index (Phi) is 4.77. The van der Waals surface area contributed by atoms with Crippen LogP contribution >= 0.6 is 15.9 Å². The van der Waals surface area contributed by atoms with E-state index in [1.165, 1.54) is 7.05 Å². The number of alkyl halides is 1. The highest BCUT2D eigenvalue weighted by atomic mass is 79.9. The van der Waals surface area contributed by atoms with Gasteiger partial charge in [-0.3, -0.25) is 9.59 Å². The molecule has 2 rings (SSSR count). The van der Waals surface area contributed by atoms with Crippen molar-refractivity contribution >= 4 is 36.1 Å². The van der Waals surface area contributed by atoms with Gasteiger partial charge in [0.2, 0.25) is 11.4 Å². The molecule has 138 valence electrons. The van der Waals surface area contributed by atoms with Crippen molar-refractivity contribution in [2.24, 2.45) is 0 Å². The van der Waals surface area contributed by atoms with Gasteiger partial charge in [0.15, 0.2) is 8.32 Å². The molecular weight excluding hydrogens is 396 g/mol. The number of fused-ring (bicyclic) bond motifs is 1. The van der Waals surface area contributed by atoms with Crippen LogP contribution in [0, 0.1) is 0 Å². The molecule has 0 aromatic rings. The van der Waals surface area contributed by atoms with Crippen molar-refractivity contribution in [3.63, 3.8) is 0 Å². The summed E-state index contributed by atoms with van der Waals surface area (Å²) in [4.78, 5) is 26.9. The first-order valence-corrected chi connectivity index (χ1v) is 11.8. The van der Waals surface area contributed by atoms with Crippen molar-refractivity contribution in [1.82, 2.24) is 9.80 Å². The Bertz CT molecular complexity index is 567. The maximum atomic E-state index is 12.8. The van der Waals surface area contributed by atoms with E-state index in [0.29, 0.717) is 6.42 Å². The van der Waals surface area contributed by atoms with E-state index in [9.17, 15) is 19.8 Å². The van der Waals surface area contributed by atoms with Crippen LogP contribution in [-0.4, -0.2) is 76.6 Å². The van der Waals surface area contributed by atoms with Crippen molar-refractivity contribution < 1.29 is 24.2 Å². The van der Waals surface area contributed by atoms with Gasteiger partial charge in [-0.05, 0) is 24.6 Å². The molecular formula is C15H27BrN2O5Si. The summed E-state index contributed by atoms with van der Waals surface area (Å²) in [5.41, 5.74) is -4.05. The smallest absolute Gasteiger partial charge is 0.281 e. The van der Waals surface area contributed by atoms with Gasteiger partial charge < -0.3 is 24.4 Å². The van der Waals surface area contributed by atoms with E-state index < -0.39 is 36.4 Å². The summed E-state index contributed by atoms with van der Waals surface area (Å²) in [6, 6.07) is 0. The number of likely N-dealkylation sites (N-methyl/N-ethyl adjacent to an activating group) is 1. The molecule has 3 atom stereocenters. The van der Waals surface area contributed by atoms with Gasteiger partial charge in [0.05, 0.1) is 11.4 Å². The van der Waals surface area contributed by atoms with Gasteiger partial charge in [-0.15, -0.1) is 0 Å². The van der Waals surface area contributed by atoms with Crippen molar-refractivity contribution in [2.45, 2.75) is 61.6 Å². The molecule has 0 spiro atoms. The van der Waals surface area contributed by atoms with E-state index in [-0.39, 0.29) is 18.2 Å². The third-order valence-corrected chi connectivity index (χ3v) is 11.2. The number of piperazine rings is 1. The number of nitrogens with zero attached hydrogens (tertiary/aromatic N) is 2. The summed E-state index contributed by atoms with van der Waals surface area (Å²) in [6.45, 7) is 10.1. The second kappa shape index (κ2) is 5.77. The highest BCUT2D eigenvalue weighted by molar-refractivity contribution is 9.09. The number of carbonyl (C=O) groups is 2. The Hall–Kier alpha value is -0.483. The molecule has 0 aromatic carbocycles. The fraction of sp³-hybridized carbons (Fsp3) is 0.867. The molecule has 0 bridgehead atoms. The zero-order chi connectivity index (χ0) is 18.7. The van der Waals surface area contributed by atoms with Crippen LogP contribution in [0.25, 0.3) is 0 Å². The lowest BCUT2D eigenvalue weighted by Crippen LogP contribution is -2.77. The van der Waals surface area contributed by atoms with E-state index >= 15 is 0 Å². The van der Waals surface area contributed by atoms with Crippen molar-refractivity contribution in [1.29, 1.82) is 0 Å². The lowest BCUT2D eigenvalue weighted by atomic mass is 10.0.